The lowest BCUT2D eigenvalue weighted by atomic mass is 10.1. The summed E-state index contributed by atoms with van der Waals surface area (Å²) >= 11 is 12.0. The van der Waals surface area contributed by atoms with Gasteiger partial charge in [-0.2, -0.15) is 0 Å². The highest BCUT2D eigenvalue weighted by Gasteiger charge is 2.67. The summed E-state index contributed by atoms with van der Waals surface area (Å²) in [6, 6.07) is 5.62. The van der Waals surface area contributed by atoms with Crippen LogP contribution in [-0.2, 0) is 11.3 Å². The number of ether oxygens (including phenoxy) is 2. The molecule has 1 aliphatic carbocycles. The highest BCUT2D eigenvalue weighted by Crippen LogP contribution is 2.63. The molecule has 1 unspecified atom stereocenters. The molecule has 1 amide bonds. The number of rotatable bonds is 3. The number of nitrogens with one attached hydrogen (secondary N) is 1. The van der Waals surface area contributed by atoms with E-state index < -0.39 is 9.75 Å². The second kappa shape index (κ2) is 4.71. The van der Waals surface area contributed by atoms with Crippen LogP contribution in [0, 0.1) is 5.41 Å². The van der Waals surface area contributed by atoms with Crippen molar-refractivity contribution < 1.29 is 14.3 Å². The van der Waals surface area contributed by atoms with E-state index in [0.717, 1.165) is 11.3 Å². The molecule has 3 rings (SSSR count). The number of amides is 1. The molecule has 2 aliphatic rings. The molecule has 0 spiro atoms. The molecule has 0 aromatic heterocycles. The van der Waals surface area contributed by atoms with Gasteiger partial charge in [0.05, 0.1) is 5.41 Å². The lowest BCUT2D eigenvalue weighted by Gasteiger charge is -2.19. The Balaban J connectivity index is 1.63. The van der Waals surface area contributed by atoms with Gasteiger partial charge in [0.25, 0.3) is 0 Å². The molecule has 1 aromatic carbocycles. The third kappa shape index (κ3) is 2.31. The zero-order valence-electron chi connectivity index (χ0n) is 11.0. The maximum Gasteiger partial charge on any atom is 0.229 e. The molecule has 20 heavy (non-hydrogen) atoms. The predicted octanol–water partition coefficient (Wildman–Crippen LogP) is 2.66. The van der Waals surface area contributed by atoms with Crippen LogP contribution < -0.4 is 14.8 Å². The van der Waals surface area contributed by atoms with Crippen molar-refractivity contribution in [2.75, 3.05) is 13.2 Å². The Morgan fingerprint density at radius 2 is 1.95 bits per heavy atom. The topological polar surface area (TPSA) is 47.6 Å². The largest absolute Gasteiger partial charge is 0.486 e. The van der Waals surface area contributed by atoms with Gasteiger partial charge in [0.2, 0.25) is 5.91 Å². The maximum atomic E-state index is 12.1. The van der Waals surface area contributed by atoms with Gasteiger partial charge in [0.15, 0.2) is 11.5 Å². The third-order valence-electron chi connectivity index (χ3n) is 3.82. The van der Waals surface area contributed by atoms with Crippen molar-refractivity contribution in [3.63, 3.8) is 0 Å². The zero-order valence-corrected chi connectivity index (χ0v) is 12.6. The summed E-state index contributed by atoms with van der Waals surface area (Å²) in [5.41, 5.74) is 0.255. The molecular formula is C14H15Cl2NO3. The molecule has 1 heterocycles. The first-order chi connectivity index (χ1) is 9.42. The SMILES string of the molecule is CC1(C(=O)NCc2ccc3c(c2)OCCO3)CC1(Cl)Cl. The molecule has 1 fully saturated rings. The third-order valence-corrected chi connectivity index (χ3v) is 4.92. The number of halogens is 2. The second-order valence-corrected chi connectivity index (χ2v) is 6.86. The number of hydrogen-bond donors (Lipinski definition) is 1. The molecule has 0 bridgehead atoms. The lowest BCUT2D eigenvalue weighted by Crippen LogP contribution is -2.32. The van der Waals surface area contributed by atoms with Gasteiger partial charge in [0.1, 0.15) is 17.5 Å². The highest BCUT2D eigenvalue weighted by molar-refractivity contribution is 6.53. The van der Waals surface area contributed by atoms with Crippen LogP contribution in [0.2, 0.25) is 0 Å². The summed E-state index contributed by atoms with van der Waals surface area (Å²) < 4.78 is 10.0. The normalized spacial score (nSPS) is 25.9. The van der Waals surface area contributed by atoms with Gasteiger partial charge in [-0.15, -0.1) is 23.2 Å². The van der Waals surface area contributed by atoms with Crippen LogP contribution in [0.5, 0.6) is 11.5 Å². The van der Waals surface area contributed by atoms with Crippen LogP contribution in [-0.4, -0.2) is 23.5 Å². The molecule has 6 heteroatoms. The predicted molar refractivity (Wildman–Crippen MR) is 76.4 cm³/mol. The Kier molecular flexibility index (Phi) is 3.26. The van der Waals surface area contributed by atoms with Gasteiger partial charge >= 0.3 is 0 Å². The van der Waals surface area contributed by atoms with E-state index in [9.17, 15) is 4.79 Å². The fraction of sp³-hybridized carbons (Fsp3) is 0.500. The number of hydrogen-bond acceptors (Lipinski definition) is 3. The summed E-state index contributed by atoms with van der Waals surface area (Å²) in [5, 5.41) is 2.86. The minimum absolute atomic E-state index is 0.127. The van der Waals surface area contributed by atoms with E-state index in [-0.39, 0.29) is 5.91 Å². The van der Waals surface area contributed by atoms with Crippen LogP contribution in [0.4, 0.5) is 0 Å². The van der Waals surface area contributed by atoms with Crippen LogP contribution in [0.3, 0.4) is 0 Å². The van der Waals surface area contributed by atoms with Crippen molar-refractivity contribution in [2.45, 2.75) is 24.2 Å². The van der Waals surface area contributed by atoms with Crippen molar-refractivity contribution in [2.24, 2.45) is 5.41 Å². The van der Waals surface area contributed by atoms with Crippen LogP contribution >= 0.6 is 23.2 Å². The fourth-order valence-corrected chi connectivity index (χ4v) is 2.93. The van der Waals surface area contributed by atoms with E-state index in [1.165, 1.54) is 0 Å². The van der Waals surface area contributed by atoms with Gasteiger partial charge in [-0.1, -0.05) is 6.07 Å². The smallest absolute Gasteiger partial charge is 0.229 e. The molecule has 1 aliphatic heterocycles. The summed E-state index contributed by atoms with van der Waals surface area (Å²) in [4.78, 5) is 12.1. The molecule has 1 atom stereocenters. The molecule has 0 radical (unpaired) electrons. The molecular weight excluding hydrogens is 301 g/mol. The molecule has 1 saturated carbocycles. The van der Waals surface area contributed by atoms with Crippen molar-refractivity contribution in [3.8, 4) is 11.5 Å². The quantitative estimate of drug-likeness (QED) is 0.872. The van der Waals surface area contributed by atoms with E-state index in [2.05, 4.69) is 5.32 Å². The molecule has 1 aromatic rings. The summed E-state index contributed by atoms with van der Waals surface area (Å²) in [7, 11) is 0. The maximum absolute atomic E-state index is 12.1. The molecule has 1 N–H and O–H groups in total. The molecule has 0 saturated heterocycles. The summed E-state index contributed by atoms with van der Waals surface area (Å²) in [6.45, 7) is 3.29. The Bertz CT molecular complexity index is 561. The highest BCUT2D eigenvalue weighted by atomic mass is 35.5. The number of carbonyl (C=O) groups excluding carboxylic acids is 1. The minimum Gasteiger partial charge on any atom is -0.486 e. The Labute approximate surface area is 127 Å². The van der Waals surface area contributed by atoms with Gasteiger partial charge < -0.3 is 14.8 Å². The van der Waals surface area contributed by atoms with E-state index in [0.29, 0.717) is 31.9 Å². The Hall–Kier alpha value is -1.13. The minimum atomic E-state index is -0.941. The van der Waals surface area contributed by atoms with Gasteiger partial charge in [-0.25, -0.2) is 0 Å². The van der Waals surface area contributed by atoms with E-state index in [4.69, 9.17) is 32.7 Å². The fourth-order valence-electron chi connectivity index (χ4n) is 2.22. The van der Waals surface area contributed by atoms with Crippen LogP contribution in [0.25, 0.3) is 0 Å². The summed E-state index contributed by atoms with van der Waals surface area (Å²) in [5.74, 6) is 1.32. The average molecular weight is 316 g/mol. The first-order valence-electron chi connectivity index (χ1n) is 6.47. The van der Waals surface area contributed by atoms with Crippen LogP contribution in [0.1, 0.15) is 18.9 Å². The second-order valence-electron chi connectivity index (χ2n) is 5.37. The van der Waals surface area contributed by atoms with Crippen molar-refractivity contribution >= 4 is 29.1 Å². The number of alkyl halides is 2. The van der Waals surface area contributed by atoms with E-state index in [1.807, 2.05) is 18.2 Å². The van der Waals surface area contributed by atoms with E-state index >= 15 is 0 Å². The van der Waals surface area contributed by atoms with Gasteiger partial charge in [-0.05, 0) is 31.0 Å². The van der Waals surface area contributed by atoms with Crippen molar-refractivity contribution in [3.05, 3.63) is 23.8 Å². The monoisotopic (exact) mass is 315 g/mol. The standard InChI is InChI=1S/C14H15Cl2NO3/c1-13(8-14(13,15)16)12(18)17-7-9-2-3-10-11(6-9)20-5-4-19-10/h2-3,6H,4-5,7-8H2,1H3,(H,17,18). The van der Waals surface area contributed by atoms with Crippen molar-refractivity contribution in [1.82, 2.24) is 5.32 Å². The van der Waals surface area contributed by atoms with Crippen molar-refractivity contribution in [1.29, 1.82) is 0 Å². The Morgan fingerprint density at radius 1 is 1.30 bits per heavy atom. The van der Waals surface area contributed by atoms with E-state index in [1.54, 1.807) is 6.92 Å². The summed E-state index contributed by atoms with van der Waals surface area (Å²) in [6.07, 6.45) is 0.482. The number of carbonyl (C=O) groups is 1. The zero-order chi connectivity index (χ0) is 14.4. The number of fused-ring (bicyclic) bond motifs is 1. The lowest BCUT2D eigenvalue weighted by molar-refractivity contribution is -0.125. The first-order valence-corrected chi connectivity index (χ1v) is 7.23. The average Bonchev–Trinajstić information content (AvgIpc) is 2.96. The van der Waals surface area contributed by atoms with Gasteiger partial charge in [-0.3, -0.25) is 4.79 Å². The molecule has 4 nitrogen and oxygen atoms in total. The first kappa shape index (κ1) is 13.8. The number of benzene rings is 1. The molecule has 108 valence electrons. The van der Waals surface area contributed by atoms with Crippen LogP contribution in [0.15, 0.2) is 18.2 Å². The Morgan fingerprint density at radius 3 is 2.60 bits per heavy atom. The van der Waals surface area contributed by atoms with Gasteiger partial charge in [0, 0.05) is 6.54 Å².